The number of carboxylic acids is 1. The summed E-state index contributed by atoms with van der Waals surface area (Å²) in [5.41, 5.74) is 4.69. The van der Waals surface area contributed by atoms with Gasteiger partial charge in [0, 0.05) is 24.4 Å². The Labute approximate surface area is 205 Å². The van der Waals surface area contributed by atoms with E-state index in [1.54, 1.807) is 11.8 Å². The van der Waals surface area contributed by atoms with Crippen LogP contribution >= 0.6 is 0 Å². The van der Waals surface area contributed by atoms with Crippen molar-refractivity contribution in [2.45, 2.75) is 57.0 Å². The van der Waals surface area contributed by atoms with Gasteiger partial charge >= 0.3 is 12.1 Å². The third-order valence-corrected chi connectivity index (χ3v) is 7.80. The van der Waals surface area contributed by atoms with Crippen LogP contribution in [0.4, 0.5) is 4.79 Å². The number of nitrogens with zero attached hydrogens (tertiary/aromatic N) is 1. The summed E-state index contributed by atoms with van der Waals surface area (Å²) in [5, 5.41) is 12.3. The first-order chi connectivity index (χ1) is 17.0. The van der Waals surface area contributed by atoms with Gasteiger partial charge in [-0.1, -0.05) is 55.0 Å². The topological polar surface area (TPSA) is 95.9 Å². The molecule has 2 aromatic rings. The lowest BCUT2D eigenvalue weighted by atomic mass is 9.93. The fraction of sp³-hybridized carbons (Fsp3) is 0.464. The lowest BCUT2D eigenvalue weighted by Crippen LogP contribution is -2.48. The number of hydrogen-bond donors (Lipinski definition) is 2. The van der Waals surface area contributed by atoms with Gasteiger partial charge in [-0.05, 0) is 60.8 Å². The Hall–Kier alpha value is -3.35. The normalized spacial score (nSPS) is 21.6. The van der Waals surface area contributed by atoms with E-state index in [9.17, 15) is 19.5 Å². The second kappa shape index (κ2) is 9.72. The van der Waals surface area contributed by atoms with Gasteiger partial charge in [0.25, 0.3) is 0 Å². The third-order valence-electron chi connectivity index (χ3n) is 7.80. The Morgan fingerprint density at radius 2 is 1.63 bits per heavy atom. The molecular formula is C28H32N2O5. The lowest BCUT2D eigenvalue weighted by molar-refractivity contribution is -0.152. The first kappa shape index (κ1) is 23.4. The maximum atomic E-state index is 13.3. The van der Waals surface area contributed by atoms with Crippen LogP contribution in [0.3, 0.4) is 0 Å². The zero-order valence-electron chi connectivity index (χ0n) is 20.0. The first-order valence-electron chi connectivity index (χ1n) is 12.6. The number of rotatable bonds is 8. The Balaban J connectivity index is 1.18. The summed E-state index contributed by atoms with van der Waals surface area (Å²) >= 11 is 0. The predicted octanol–water partition coefficient (Wildman–Crippen LogP) is 4.41. The third kappa shape index (κ3) is 4.64. The molecule has 35 heavy (non-hydrogen) atoms. The Morgan fingerprint density at radius 1 is 1.00 bits per heavy atom. The number of nitrogens with one attached hydrogen (secondary N) is 1. The molecule has 2 fully saturated rings. The minimum atomic E-state index is -0.975. The number of hydrogen-bond acceptors (Lipinski definition) is 4. The van der Waals surface area contributed by atoms with Crippen LogP contribution in [0.15, 0.2) is 48.5 Å². The molecule has 7 heteroatoms. The summed E-state index contributed by atoms with van der Waals surface area (Å²) in [6.45, 7) is 2.18. The molecule has 2 N–H and O–H groups in total. The van der Waals surface area contributed by atoms with Gasteiger partial charge in [-0.3, -0.25) is 4.79 Å². The summed E-state index contributed by atoms with van der Waals surface area (Å²) in [7, 11) is 0. The van der Waals surface area contributed by atoms with Crippen LogP contribution in [-0.2, 0) is 14.3 Å². The number of aliphatic carboxylic acids is 1. The highest BCUT2D eigenvalue weighted by molar-refractivity contribution is 5.86. The van der Waals surface area contributed by atoms with E-state index in [-0.39, 0.29) is 36.3 Å². The van der Waals surface area contributed by atoms with E-state index in [1.807, 2.05) is 24.3 Å². The number of amides is 2. The molecule has 7 nitrogen and oxygen atoms in total. The van der Waals surface area contributed by atoms with Gasteiger partial charge in [0.1, 0.15) is 12.6 Å². The average Bonchev–Trinajstić information content (AvgIpc) is 3.48. The fourth-order valence-electron chi connectivity index (χ4n) is 5.82. The highest BCUT2D eigenvalue weighted by Crippen LogP contribution is 2.44. The number of alkyl carbamates (subject to hydrolysis) is 1. The Morgan fingerprint density at radius 3 is 2.23 bits per heavy atom. The molecule has 0 bridgehead atoms. The van der Waals surface area contributed by atoms with Gasteiger partial charge < -0.3 is 20.1 Å². The average molecular weight is 477 g/mol. The number of carbonyl (C=O) groups excluding carboxylic acids is 2. The molecule has 3 aliphatic carbocycles. The molecule has 0 aromatic heterocycles. The zero-order chi connectivity index (χ0) is 24.5. The second-order valence-electron chi connectivity index (χ2n) is 9.99. The molecule has 1 unspecified atom stereocenters. The molecule has 184 valence electrons. The van der Waals surface area contributed by atoms with Gasteiger partial charge in [0.2, 0.25) is 5.91 Å². The molecule has 2 aromatic carbocycles. The summed E-state index contributed by atoms with van der Waals surface area (Å²) in [4.78, 5) is 39.0. The second-order valence-corrected chi connectivity index (χ2v) is 9.99. The highest BCUT2D eigenvalue weighted by atomic mass is 16.5. The lowest BCUT2D eigenvalue weighted by Gasteiger charge is -2.31. The van der Waals surface area contributed by atoms with Crippen molar-refractivity contribution < 1.29 is 24.2 Å². The predicted molar refractivity (Wildman–Crippen MR) is 131 cm³/mol. The van der Waals surface area contributed by atoms with E-state index in [0.29, 0.717) is 6.54 Å². The van der Waals surface area contributed by atoms with Crippen LogP contribution in [0.5, 0.6) is 0 Å². The molecule has 0 heterocycles. The summed E-state index contributed by atoms with van der Waals surface area (Å²) in [6.07, 6.45) is 3.69. The molecule has 0 aliphatic heterocycles. The van der Waals surface area contributed by atoms with Crippen molar-refractivity contribution in [1.82, 2.24) is 10.2 Å². The van der Waals surface area contributed by atoms with Crippen LogP contribution in [-0.4, -0.2) is 53.2 Å². The van der Waals surface area contributed by atoms with Crippen molar-refractivity contribution in [2.75, 3.05) is 13.2 Å². The zero-order valence-corrected chi connectivity index (χ0v) is 20.0. The molecule has 3 aliphatic rings. The van der Waals surface area contributed by atoms with Crippen molar-refractivity contribution in [2.24, 2.45) is 11.8 Å². The first-order valence-corrected chi connectivity index (χ1v) is 12.6. The van der Waals surface area contributed by atoms with Crippen LogP contribution in [0.25, 0.3) is 11.1 Å². The smallest absolute Gasteiger partial charge is 0.407 e. The van der Waals surface area contributed by atoms with E-state index in [4.69, 9.17) is 4.74 Å². The van der Waals surface area contributed by atoms with Crippen molar-refractivity contribution >= 4 is 18.0 Å². The van der Waals surface area contributed by atoms with E-state index >= 15 is 0 Å². The molecule has 0 spiro atoms. The van der Waals surface area contributed by atoms with Crippen LogP contribution in [0.1, 0.15) is 56.1 Å². The van der Waals surface area contributed by atoms with E-state index in [0.717, 1.165) is 43.2 Å². The monoisotopic (exact) mass is 476 g/mol. The summed E-state index contributed by atoms with van der Waals surface area (Å²) < 4.78 is 5.64. The molecule has 0 radical (unpaired) electrons. The van der Waals surface area contributed by atoms with Gasteiger partial charge in [0.05, 0.1) is 0 Å². The molecule has 2 amide bonds. The van der Waals surface area contributed by atoms with Gasteiger partial charge in [-0.25, -0.2) is 9.59 Å². The molecule has 0 saturated heterocycles. The van der Waals surface area contributed by atoms with Crippen LogP contribution in [0.2, 0.25) is 0 Å². The maximum absolute atomic E-state index is 13.3. The fourth-order valence-corrected chi connectivity index (χ4v) is 5.82. The molecule has 5 rings (SSSR count). The minimum absolute atomic E-state index is 0.00133. The molecular weight excluding hydrogens is 444 g/mol. The van der Waals surface area contributed by atoms with Gasteiger partial charge in [-0.15, -0.1) is 0 Å². The van der Waals surface area contributed by atoms with Crippen molar-refractivity contribution in [1.29, 1.82) is 0 Å². The summed E-state index contributed by atoms with van der Waals surface area (Å²) in [5.74, 6) is -1.33. The highest BCUT2D eigenvalue weighted by Gasteiger charge is 2.44. The van der Waals surface area contributed by atoms with Crippen molar-refractivity contribution in [3.05, 3.63) is 59.7 Å². The van der Waals surface area contributed by atoms with Gasteiger partial charge in [-0.2, -0.15) is 0 Å². The minimum Gasteiger partial charge on any atom is -0.480 e. The molecule has 2 saturated carbocycles. The quantitative estimate of drug-likeness (QED) is 0.589. The standard InChI is InChI=1S/C28H32N2O5/c1-17(27(32)33)30(19-13-14-19)26(31)20-12-6-7-18(20)15-29-28(34)35-16-25-23-10-4-2-8-21(23)22-9-3-5-11-24(22)25/h2-5,8-11,17-20,25H,6-7,12-16H2,1H3,(H,29,34)(H,32,33)/t17?,18-,20-/m1/s1. The number of benzene rings is 2. The number of ether oxygens (including phenoxy) is 1. The van der Waals surface area contributed by atoms with Crippen LogP contribution < -0.4 is 5.32 Å². The number of carboxylic acid groups (broad SMARTS) is 1. The van der Waals surface area contributed by atoms with Crippen molar-refractivity contribution in [3.63, 3.8) is 0 Å². The Kier molecular flexibility index (Phi) is 6.50. The van der Waals surface area contributed by atoms with Gasteiger partial charge in [0.15, 0.2) is 0 Å². The SMILES string of the molecule is CC(C(=O)O)N(C(=O)[C@@H]1CCC[C@@H]1CNC(=O)OCC1c2ccccc2-c2ccccc21)C1CC1. The van der Waals surface area contributed by atoms with Crippen molar-refractivity contribution in [3.8, 4) is 11.1 Å². The maximum Gasteiger partial charge on any atom is 0.407 e. The number of carbonyl (C=O) groups is 3. The van der Waals surface area contributed by atoms with E-state index in [2.05, 4.69) is 29.6 Å². The summed E-state index contributed by atoms with van der Waals surface area (Å²) in [6, 6.07) is 15.6. The van der Waals surface area contributed by atoms with E-state index in [1.165, 1.54) is 11.1 Å². The van der Waals surface area contributed by atoms with Crippen LogP contribution in [0, 0.1) is 11.8 Å². The largest absolute Gasteiger partial charge is 0.480 e. The number of fused-ring (bicyclic) bond motifs is 3. The van der Waals surface area contributed by atoms with E-state index < -0.39 is 18.1 Å². The molecule has 3 atom stereocenters. The Bertz CT molecular complexity index is 1080.